The van der Waals surface area contributed by atoms with Gasteiger partial charge in [0.25, 0.3) is 5.91 Å². The van der Waals surface area contributed by atoms with E-state index in [1.165, 1.54) is 12.1 Å². The number of fused-ring (bicyclic) bond motifs is 1. The van der Waals surface area contributed by atoms with Crippen LogP contribution >= 0.6 is 0 Å². The standard InChI is InChI=1S/C27H31FN6O/c1-19-6-4-5-7-22(19)26(35)34-13-12-24-23(18-34)25(31(2)3)30-27(29-24)33-16-14-32(15-17-33)21-10-8-20(28)9-11-21/h4-11H,12-18H2,1-3H3. The van der Waals surface area contributed by atoms with Gasteiger partial charge in [0.1, 0.15) is 11.6 Å². The van der Waals surface area contributed by atoms with E-state index in [4.69, 9.17) is 9.97 Å². The Labute approximate surface area is 205 Å². The first-order valence-corrected chi connectivity index (χ1v) is 12.1. The molecular weight excluding hydrogens is 443 g/mol. The van der Waals surface area contributed by atoms with Crippen LogP contribution in [0.1, 0.15) is 27.2 Å². The van der Waals surface area contributed by atoms with Gasteiger partial charge in [0, 0.05) is 70.1 Å². The summed E-state index contributed by atoms with van der Waals surface area (Å²) >= 11 is 0. The van der Waals surface area contributed by atoms with Crippen LogP contribution in [0, 0.1) is 12.7 Å². The fourth-order valence-corrected chi connectivity index (χ4v) is 4.87. The van der Waals surface area contributed by atoms with Gasteiger partial charge in [-0.25, -0.2) is 9.37 Å². The largest absolute Gasteiger partial charge is 0.368 e. The molecule has 7 nitrogen and oxygen atoms in total. The lowest BCUT2D eigenvalue weighted by molar-refractivity contribution is 0.0733. The average molecular weight is 475 g/mol. The second-order valence-corrected chi connectivity index (χ2v) is 9.41. The van der Waals surface area contributed by atoms with Crippen LogP contribution < -0.4 is 14.7 Å². The number of nitrogens with zero attached hydrogens (tertiary/aromatic N) is 6. The summed E-state index contributed by atoms with van der Waals surface area (Å²) in [6, 6.07) is 14.4. The lowest BCUT2D eigenvalue weighted by Crippen LogP contribution is -2.47. The van der Waals surface area contributed by atoms with Gasteiger partial charge in [-0.05, 0) is 42.8 Å². The molecule has 35 heavy (non-hydrogen) atoms. The van der Waals surface area contributed by atoms with E-state index in [2.05, 4.69) is 9.80 Å². The zero-order valence-electron chi connectivity index (χ0n) is 20.5. The lowest BCUT2D eigenvalue weighted by Gasteiger charge is -2.37. The maximum absolute atomic E-state index is 13.3. The van der Waals surface area contributed by atoms with Crippen molar-refractivity contribution >= 4 is 23.4 Å². The van der Waals surface area contributed by atoms with Crippen LogP contribution in [-0.2, 0) is 13.0 Å². The molecule has 3 heterocycles. The van der Waals surface area contributed by atoms with Crippen molar-refractivity contribution < 1.29 is 9.18 Å². The number of rotatable bonds is 4. The van der Waals surface area contributed by atoms with E-state index < -0.39 is 0 Å². The fraction of sp³-hybridized carbons (Fsp3) is 0.370. The molecular formula is C27H31FN6O. The minimum absolute atomic E-state index is 0.0550. The second kappa shape index (κ2) is 9.52. The monoisotopic (exact) mass is 474 g/mol. The van der Waals surface area contributed by atoms with Gasteiger partial charge in [0.15, 0.2) is 0 Å². The summed E-state index contributed by atoms with van der Waals surface area (Å²) in [5, 5.41) is 0. The van der Waals surface area contributed by atoms with Crippen LogP contribution in [0.2, 0.25) is 0 Å². The van der Waals surface area contributed by atoms with Gasteiger partial charge in [-0.1, -0.05) is 18.2 Å². The van der Waals surface area contributed by atoms with Crippen LogP contribution in [0.15, 0.2) is 48.5 Å². The Kier molecular flexibility index (Phi) is 6.28. The van der Waals surface area contributed by atoms with Crippen molar-refractivity contribution in [3.8, 4) is 0 Å². The van der Waals surface area contributed by atoms with Crippen molar-refractivity contribution in [1.82, 2.24) is 14.9 Å². The Balaban J connectivity index is 1.34. The zero-order valence-corrected chi connectivity index (χ0v) is 20.5. The van der Waals surface area contributed by atoms with Gasteiger partial charge in [0.05, 0.1) is 12.2 Å². The third-order valence-electron chi connectivity index (χ3n) is 6.87. The molecule has 3 aromatic rings. The third-order valence-corrected chi connectivity index (χ3v) is 6.87. The summed E-state index contributed by atoms with van der Waals surface area (Å²) in [4.78, 5) is 31.5. The maximum Gasteiger partial charge on any atom is 0.254 e. The molecule has 0 saturated carbocycles. The quantitative estimate of drug-likeness (QED) is 0.577. The number of hydrogen-bond acceptors (Lipinski definition) is 6. The molecule has 0 spiro atoms. The molecule has 2 aliphatic rings. The van der Waals surface area contributed by atoms with E-state index in [1.807, 2.05) is 67.2 Å². The predicted molar refractivity (Wildman–Crippen MR) is 137 cm³/mol. The molecule has 8 heteroatoms. The summed E-state index contributed by atoms with van der Waals surface area (Å²) in [5.41, 5.74) is 4.82. The minimum atomic E-state index is -0.217. The van der Waals surface area contributed by atoms with Crippen LogP contribution in [-0.4, -0.2) is 67.6 Å². The first-order valence-electron chi connectivity index (χ1n) is 12.1. The summed E-state index contributed by atoms with van der Waals surface area (Å²) in [7, 11) is 3.97. The minimum Gasteiger partial charge on any atom is -0.368 e. The Morgan fingerprint density at radius 3 is 2.29 bits per heavy atom. The zero-order chi connectivity index (χ0) is 24.5. The molecule has 1 amide bonds. The summed E-state index contributed by atoms with van der Waals surface area (Å²) < 4.78 is 13.3. The summed E-state index contributed by atoms with van der Waals surface area (Å²) in [5.74, 6) is 1.45. The number of aryl methyl sites for hydroxylation is 1. The van der Waals surface area contributed by atoms with Gasteiger partial charge in [0.2, 0.25) is 5.95 Å². The molecule has 182 valence electrons. The van der Waals surface area contributed by atoms with Crippen molar-refractivity contribution in [1.29, 1.82) is 0 Å². The van der Waals surface area contributed by atoms with Gasteiger partial charge >= 0.3 is 0 Å². The molecule has 0 aliphatic carbocycles. The topological polar surface area (TPSA) is 55.8 Å². The number of carbonyl (C=O) groups excluding carboxylic acids is 1. The molecule has 1 aromatic heterocycles. The number of benzene rings is 2. The van der Waals surface area contributed by atoms with Crippen LogP contribution in [0.5, 0.6) is 0 Å². The molecule has 0 atom stereocenters. The Bertz CT molecular complexity index is 1220. The molecule has 0 bridgehead atoms. The van der Waals surface area contributed by atoms with E-state index in [0.717, 1.165) is 66.0 Å². The Hall–Kier alpha value is -3.68. The van der Waals surface area contributed by atoms with Gasteiger partial charge in [-0.15, -0.1) is 0 Å². The highest BCUT2D eigenvalue weighted by Crippen LogP contribution is 2.30. The van der Waals surface area contributed by atoms with Crippen molar-refractivity contribution in [2.24, 2.45) is 0 Å². The molecule has 2 aromatic carbocycles. The molecule has 0 N–H and O–H groups in total. The van der Waals surface area contributed by atoms with Crippen molar-refractivity contribution in [3.63, 3.8) is 0 Å². The van der Waals surface area contributed by atoms with Crippen LogP contribution in [0.4, 0.5) is 21.8 Å². The van der Waals surface area contributed by atoms with Gasteiger partial charge in [-0.3, -0.25) is 4.79 Å². The summed E-state index contributed by atoms with van der Waals surface area (Å²) in [6.45, 7) is 6.35. The molecule has 1 fully saturated rings. The summed E-state index contributed by atoms with van der Waals surface area (Å²) in [6.07, 6.45) is 0.707. The van der Waals surface area contributed by atoms with E-state index >= 15 is 0 Å². The highest BCUT2D eigenvalue weighted by Gasteiger charge is 2.29. The Morgan fingerprint density at radius 1 is 0.914 bits per heavy atom. The van der Waals surface area contributed by atoms with E-state index in [1.54, 1.807) is 0 Å². The fourth-order valence-electron chi connectivity index (χ4n) is 4.87. The molecule has 0 unspecified atom stereocenters. The van der Waals surface area contributed by atoms with Crippen LogP contribution in [0.25, 0.3) is 0 Å². The highest BCUT2D eigenvalue weighted by atomic mass is 19.1. The molecule has 1 saturated heterocycles. The van der Waals surface area contributed by atoms with Crippen molar-refractivity contribution in [2.45, 2.75) is 19.9 Å². The predicted octanol–water partition coefficient (Wildman–Crippen LogP) is 3.52. The number of piperazine rings is 1. The molecule has 0 radical (unpaired) electrons. The molecule has 5 rings (SSSR count). The number of halogens is 1. The highest BCUT2D eigenvalue weighted by molar-refractivity contribution is 5.95. The number of aromatic nitrogens is 2. The number of anilines is 3. The normalized spacial score (nSPS) is 15.7. The van der Waals surface area contributed by atoms with Gasteiger partial charge < -0.3 is 19.6 Å². The van der Waals surface area contributed by atoms with Crippen molar-refractivity contribution in [3.05, 3.63) is 76.7 Å². The number of amides is 1. The van der Waals surface area contributed by atoms with Crippen LogP contribution in [0.3, 0.4) is 0 Å². The lowest BCUT2D eigenvalue weighted by atomic mass is 10.0. The van der Waals surface area contributed by atoms with E-state index in [9.17, 15) is 9.18 Å². The maximum atomic E-state index is 13.3. The first-order chi connectivity index (χ1) is 16.9. The molecule has 2 aliphatic heterocycles. The average Bonchev–Trinajstić information content (AvgIpc) is 2.88. The first kappa shape index (κ1) is 23.1. The number of hydrogen-bond donors (Lipinski definition) is 0. The Morgan fingerprint density at radius 2 is 1.60 bits per heavy atom. The number of carbonyl (C=O) groups is 1. The SMILES string of the molecule is Cc1ccccc1C(=O)N1CCc2nc(N3CCN(c4ccc(F)cc4)CC3)nc(N(C)C)c2C1. The second-order valence-electron chi connectivity index (χ2n) is 9.41. The van der Waals surface area contributed by atoms with E-state index in [0.29, 0.717) is 19.5 Å². The van der Waals surface area contributed by atoms with Crippen molar-refractivity contribution in [2.75, 3.05) is 61.5 Å². The van der Waals surface area contributed by atoms with Gasteiger partial charge in [-0.2, -0.15) is 4.98 Å². The van der Waals surface area contributed by atoms with E-state index in [-0.39, 0.29) is 11.7 Å². The smallest absolute Gasteiger partial charge is 0.254 e. The third kappa shape index (κ3) is 4.65.